The van der Waals surface area contributed by atoms with Gasteiger partial charge < -0.3 is 24.0 Å². The average Bonchev–Trinajstić information content (AvgIpc) is 3.69. The number of cyclic esters (lactones) is 1. The van der Waals surface area contributed by atoms with Gasteiger partial charge in [-0.3, -0.25) is 4.79 Å². The lowest BCUT2D eigenvalue weighted by molar-refractivity contribution is -0.143. The molecule has 2 atom stereocenters. The van der Waals surface area contributed by atoms with Crippen LogP contribution in [0, 0.1) is 5.92 Å². The van der Waals surface area contributed by atoms with Crippen molar-refractivity contribution in [1.82, 2.24) is 9.47 Å². The second-order valence-corrected chi connectivity index (χ2v) is 11.4. The molecule has 1 N–H and O–H groups in total. The van der Waals surface area contributed by atoms with E-state index < -0.39 is 11.2 Å². The van der Waals surface area contributed by atoms with Gasteiger partial charge in [-0.2, -0.15) is 0 Å². The minimum atomic E-state index is -0.929. The van der Waals surface area contributed by atoms with Crippen molar-refractivity contribution in [3.8, 4) is 11.1 Å². The van der Waals surface area contributed by atoms with Crippen molar-refractivity contribution < 1.29 is 19.4 Å². The Morgan fingerprint density at radius 2 is 1.75 bits per heavy atom. The van der Waals surface area contributed by atoms with Crippen LogP contribution in [0.3, 0.4) is 0 Å². The third-order valence-electron chi connectivity index (χ3n) is 8.08. The summed E-state index contributed by atoms with van der Waals surface area (Å²) < 4.78 is 13.6. The van der Waals surface area contributed by atoms with E-state index in [0.717, 1.165) is 42.4 Å². The van der Waals surface area contributed by atoms with Crippen LogP contribution in [0.25, 0.3) is 11.1 Å². The first-order valence-corrected chi connectivity index (χ1v) is 13.3. The minimum absolute atomic E-state index is 0.0441. The van der Waals surface area contributed by atoms with Gasteiger partial charge in [-0.25, -0.2) is 4.79 Å². The number of aromatic nitrogens is 1. The fraction of sp³-hybridized carbons (Fsp3) is 0.586. The molecule has 0 spiro atoms. The van der Waals surface area contributed by atoms with E-state index >= 15 is 0 Å². The van der Waals surface area contributed by atoms with Crippen LogP contribution in [0.2, 0.25) is 0 Å². The highest BCUT2D eigenvalue weighted by Crippen LogP contribution is 2.43. The molecule has 1 saturated carbocycles. The van der Waals surface area contributed by atoms with Crippen LogP contribution in [0.5, 0.6) is 0 Å². The smallest absolute Gasteiger partial charge is 0.410 e. The predicted molar refractivity (Wildman–Crippen MR) is 138 cm³/mol. The van der Waals surface area contributed by atoms with E-state index in [0.29, 0.717) is 38.6 Å². The molecule has 2 aromatic rings. The number of carbonyl (C=O) groups excluding carboxylic acids is 1. The molecule has 0 bridgehead atoms. The van der Waals surface area contributed by atoms with Gasteiger partial charge >= 0.3 is 6.09 Å². The fourth-order valence-electron chi connectivity index (χ4n) is 6.01. The van der Waals surface area contributed by atoms with E-state index in [-0.39, 0.29) is 23.6 Å². The van der Waals surface area contributed by atoms with E-state index in [4.69, 9.17) is 9.47 Å². The van der Waals surface area contributed by atoms with Gasteiger partial charge in [0, 0.05) is 56.8 Å². The molecule has 2 saturated heterocycles. The quantitative estimate of drug-likeness (QED) is 0.581. The van der Waals surface area contributed by atoms with Gasteiger partial charge in [0.1, 0.15) is 5.60 Å². The molecule has 3 heterocycles. The van der Waals surface area contributed by atoms with Crippen molar-refractivity contribution in [1.29, 1.82) is 0 Å². The third-order valence-corrected chi connectivity index (χ3v) is 8.08. The Balaban J connectivity index is 1.30. The first-order chi connectivity index (χ1) is 17.2. The SMILES string of the molecule is CC(c1ccc(-c2ccn(C3CC3)c(=O)c2)cc1)N1CC[C@](CC(C)(C)O)(C2CCOCC2)OC1=O. The lowest BCUT2D eigenvalue weighted by Crippen LogP contribution is -2.57. The number of amides is 1. The Morgan fingerprint density at radius 1 is 1.06 bits per heavy atom. The molecule has 1 aromatic carbocycles. The molecule has 7 heteroatoms. The van der Waals surface area contributed by atoms with Gasteiger partial charge in [0.2, 0.25) is 0 Å². The van der Waals surface area contributed by atoms with Crippen molar-refractivity contribution in [2.75, 3.05) is 19.8 Å². The largest absolute Gasteiger partial charge is 0.442 e. The number of carbonyl (C=O) groups is 1. The molecule has 1 aromatic heterocycles. The summed E-state index contributed by atoms with van der Waals surface area (Å²) in [4.78, 5) is 27.6. The Hall–Kier alpha value is -2.64. The van der Waals surface area contributed by atoms with E-state index in [1.54, 1.807) is 24.8 Å². The van der Waals surface area contributed by atoms with E-state index in [9.17, 15) is 14.7 Å². The molecule has 3 aliphatic rings. The highest BCUT2D eigenvalue weighted by atomic mass is 16.6. The Kier molecular flexibility index (Phi) is 6.72. The number of ether oxygens (including phenoxy) is 2. The molecule has 7 nitrogen and oxygen atoms in total. The van der Waals surface area contributed by atoms with Gasteiger partial charge in [0.05, 0.1) is 11.6 Å². The zero-order chi connectivity index (χ0) is 25.5. The first kappa shape index (κ1) is 25.0. The second kappa shape index (κ2) is 9.67. The lowest BCUT2D eigenvalue weighted by Gasteiger charge is -2.49. The molecule has 36 heavy (non-hydrogen) atoms. The monoisotopic (exact) mass is 494 g/mol. The van der Waals surface area contributed by atoms with E-state index in [1.165, 1.54) is 0 Å². The maximum Gasteiger partial charge on any atom is 0.410 e. The molecule has 194 valence electrons. The van der Waals surface area contributed by atoms with E-state index in [2.05, 4.69) is 0 Å². The highest BCUT2D eigenvalue weighted by Gasteiger charge is 2.50. The van der Waals surface area contributed by atoms with Crippen molar-refractivity contribution in [3.63, 3.8) is 0 Å². The summed E-state index contributed by atoms with van der Waals surface area (Å²) in [6.07, 6.45) is 6.53. The van der Waals surface area contributed by atoms with Gasteiger partial charge in [0.15, 0.2) is 0 Å². The number of hydrogen-bond donors (Lipinski definition) is 1. The van der Waals surface area contributed by atoms with Crippen molar-refractivity contribution >= 4 is 6.09 Å². The van der Waals surface area contributed by atoms with Crippen molar-refractivity contribution in [2.24, 2.45) is 5.92 Å². The van der Waals surface area contributed by atoms with Crippen LogP contribution in [-0.4, -0.2) is 51.6 Å². The van der Waals surface area contributed by atoms with Crippen molar-refractivity contribution in [2.45, 2.75) is 82.6 Å². The normalized spacial score (nSPS) is 24.4. The molecule has 1 aliphatic carbocycles. The standard InChI is InChI=1S/C29H38N2O5/c1-20(21-4-6-22(7-5-21)23-10-14-31(25-8-9-25)26(32)18-23)30-15-13-29(36-27(30)33,19-28(2,3)34)24-11-16-35-17-12-24/h4-7,10,14,18,20,24-25,34H,8-9,11-13,15-17,19H2,1-3H3/t20?,29-/m0/s1. The number of hydrogen-bond acceptors (Lipinski definition) is 5. The van der Waals surface area contributed by atoms with Crippen LogP contribution in [0.1, 0.15) is 76.9 Å². The molecule has 3 fully saturated rings. The summed E-state index contributed by atoms with van der Waals surface area (Å²) in [6.45, 7) is 7.49. The van der Waals surface area contributed by atoms with Gasteiger partial charge in [0.25, 0.3) is 5.56 Å². The molecule has 2 aliphatic heterocycles. The summed E-state index contributed by atoms with van der Waals surface area (Å²) in [5, 5.41) is 10.6. The molecule has 1 amide bonds. The fourth-order valence-corrected chi connectivity index (χ4v) is 6.01. The lowest BCUT2D eigenvalue weighted by atomic mass is 9.73. The molecular formula is C29H38N2O5. The summed E-state index contributed by atoms with van der Waals surface area (Å²) >= 11 is 0. The molecule has 0 radical (unpaired) electrons. The minimum Gasteiger partial charge on any atom is -0.442 e. The molecule has 1 unspecified atom stereocenters. The van der Waals surface area contributed by atoms with Gasteiger partial charge in [-0.05, 0) is 69.2 Å². The van der Waals surface area contributed by atoms with Crippen LogP contribution < -0.4 is 5.56 Å². The highest BCUT2D eigenvalue weighted by molar-refractivity contribution is 5.70. The second-order valence-electron chi connectivity index (χ2n) is 11.4. The van der Waals surface area contributed by atoms with Gasteiger partial charge in [-0.15, -0.1) is 0 Å². The maximum absolute atomic E-state index is 13.3. The maximum atomic E-state index is 13.3. The molecule has 5 rings (SSSR count). The third kappa shape index (κ3) is 5.23. The van der Waals surface area contributed by atoms with Crippen LogP contribution >= 0.6 is 0 Å². The zero-order valence-electron chi connectivity index (χ0n) is 21.6. The topological polar surface area (TPSA) is 81.0 Å². The number of rotatable bonds is 7. The summed E-state index contributed by atoms with van der Waals surface area (Å²) in [5.74, 6) is 0.189. The Morgan fingerprint density at radius 3 is 2.33 bits per heavy atom. The Labute approximate surface area is 213 Å². The summed E-state index contributed by atoms with van der Waals surface area (Å²) in [7, 11) is 0. The Bertz CT molecular complexity index is 1140. The number of nitrogens with zero attached hydrogens (tertiary/aromatic N) is 2. The van der Waals surface area contributed by atoms with Crippen LogP contribution in [0.15, 0.2) is 47.4 Å². The first-order valence-electron chi connectivity index (χ1n) is 13.3. The number of pyridine rings is 1. The zero-order valence-corrected chi connectivity index (χ0v) is 21.6. The van der Waals surface area contributed by atoms with Crippen molar-refractivity contribution in [3.05, 3.63) is 58.5 Å². The summed E-state index contributed by atoms with van der Waals surface area (Å²) in [6, 6.07) is 12.0. The van der Waals surface area contributed by atoms with Crippen LogP contribution in [-0.2, 0) is 9.47 Å². The summed E-state index contributed by atoms with van der Waals surface area (Å²) in [5.41, 5.74) is 1.35. The predicted octanol–water partition coefficient (Wildman–Crippen LogP) is 5.08. The average molecular weight is 495 g/mol. The molecular weight excluding hydrogens is 456 g/mol. The number of benzene rings is 1. The van der Waals surface area contributed by atoms with Crippen LogP contribution in [0.4, 0.5) is 4.79 Å². The number of aliphatic hydroxyl groups is 1. The van der Waals surface area contributed by atoms with E-state index in [1.807, 2.05) is 48.0 Å². The van der Waals surface area contributed by atoms with Gasteiger partial charge in [-0.1, -0.05) is 24.3 Å².